The third kappa shape index (κ3) is 30.4. The molecule has 37 heteroatoms. The first-order valence-corrected chi connectivity index (χ1v) is 44.0. The summed E-state index contributed by atoms with van der Waals surface area (Å²) in [4.78, 5) is 242. The molecule has 17 N–H and O–H groups in total. The SMILES string of the molecule is CCCCC1C(=O)N(C)CC(=O)NC(CC(=O)O)C(=O)NC(C(C)C)C(=O)NC(C(C)=C2C=CC(O)=CC2)C(=O)NC(Cc2ccc(O)cc2)C(=O)N(C)CC(=O)NC(Cc2c[nH]c3ccccc23)C(=O)NC(Cc2ccc(O)cc2)C(=O)NC(CC(C)C)C(=O)NC(C(=O)NCC(N)=O)CSCC(=O)NC(Cc2ccccc2)C(=O)N(C)C(Cc2ccccc2)C(=O)N1C. The number of rotatable bonds is 22. The summed E-state index contributed by atoms with van der Waals surface area (Å²) in [5.74, 6) is -18.2. The molecule has 1 aliphatic carbocycles. The normalized spacial score (nSPS) is 22.7. The number of allylic oxidation sites excluding steroid dienone is 4. The van der Waals surface area contributed by atoms with Crippen LogP contribution >= 0.6 is 11.8 Å². The van der Waals surface area contributed by atoms with E-state index in [2.05, 4.69) is 58.2 Å². The number of aromatic amines is 1. The number of carboxylic acids is 1. The molecule has 130 heavy (non-hydrogen) atoms. The number of nitrogens with two attached hydrogens (primary N) is 1. The number of benzene rings is 5. The van der Waals surface area contributed by atoms with Gasteiger partial charge in [-0.1, -0.05) is 157 Å². The minimum absolute atomic E-state index is 0.0134. The number of fused-ring (bicyclic) bond motifs is 1. The van der Waals surface area contributed by atoms with Gasteiger partial charge < -0.3 is 104 Å². The molecule has 11 unspecified atom stereocenters. The van der Waals surface area contributed by atoms with Gasteiger partial charge in [0.15, 0.2) is 0 Å². The molecule has 5 aromatic carbocycles. The average Bonchev–Trinajstić information content (AvgIpc) is 0.957. The number of hydrogen-bond acceptors (Lipinski definition) is 20. The van der Waals surface area contributed by atoms with E-state index in [0.717, 1.165) is 31.4 Å². The Hall–Kier alpha value is -13.9. The molecular weight excluding hydrogens is 1690 g/mol. The lowest BCUT2D eigenvalue weighted by atomic mass is 9.94. The molecule has 0 radical (unpaired) electrons. The van der Waals surface area contributed by atoms with E-state index in [1.807, 2.05) is 6.92 Å². The van der Waals surface area contributed by atoms with Gasteiger partial charge >= 0.3 is 5.97 Å². The maximum Gasteiger partial charge on any atom is 0.305 e. The highest BCUT2D eigenvalue weighted by molar-refractivity contribution is 8.00. The van der Waals surface area contributed by atoms with E-state index in [1.165, 1.54) is 116 Å². The number of aliphatic hydroxyl groups is 1. The van der Waals surface area contributed by atoms with E-state index in [1.54, 1.807) is 105 Å². The number of primary amides is 1. The number of para-hydroxylation sites is 1. The number of H-pyrrole nitrogens is 1. The summed E-state index contributed by atoms with van der Waals surface area (Å²) < 4.78 is 0. The second-order valence-electron chi connectivity index (χ2n) is 33.2. The fourth-order valence-corrected chi connectivity index (χ4v) is 15.8. The zero-order valence-corrected chi connectivity index (χ0v) is 75.2. The van der Waals surface area contributed by atoms with E-state index in [0.29, 0.717) is 57.1 Å². The predicted octanol–water partition coefficient (Wildman–Crippen LogP) is 2.46. The Morgan fingerprint density at radius 2 is 1.02 bits per heavy atom. The molecule has 1 fully saturated rings. The molecule has 1 saturated heterocycles. The number of aliphatic hydroxyl groups excluding tert-OH is 1. The third-order valence-electron chi connectivity index (χ3n) is 22.2. The van der Waals surface area contributed by atoms with Crippen molar-refractivity contribution < 1.29 is 97.1 Å². The number of phenols is 2. The number of likely N-dealkylation sites (N-methyl/N-ethyl adjacent to an activating group) is 4. The van der Waals surface area contributed by atoms with Gasteiger partial charge in [-0.2, -0.15) is 0 Å². The van der Waals surface area contributed by atoms with Crippen LogP contribution in [0.3, 0.4) is 0 Å². The summed E-state index contributed by atoms with van der Waals surface area (Å²) >= 11 is 0.823. The number of thioether (sulfide) groups is 1. The monoisotopic (exact) mass is 1810 g/mol. The van der Waals surface area contributed by atoms with Gasteiger partial charge in [-0.15, -0.1) is 11.8 Å². The summed E-state index contributed by atoms with van der Waals surface area (Å²) in [6, 6.07) is 18.1. The number of nitrogens with zero attached hydrogens (tertiary/aromatic N) is 4. The number of carboxylic acid groups (broad SMARTS) is 1. The Labute approximate surface area is 757 Å². The average molecular weight is 1810 g/mol. The molecular formula is C93H118N16O20S. The topological polar surface area (TPSA) is 529 Å². The lowest BCUT2D eigenvalue weighted by Crippen LogP contribution is -2.61. The van der Waals surface area contributed by atoms with Crippen molar-refractivity contribution in [3.05, 3.63) is 203 Å². The first-order chi connectivity index (χ1) is 61.8. The van der Waals surface area contributed by atoms with Crippen LogP contribution in [0.4, 0.5) is 0 Å². The van der Waals surface area contributed by atoms with Crippen molar-refractivity contribution in [1.82, 2.24) is 77.8 Å². The third-order valence-corrected chi connectivity index (χ3v) is 23.2. The zero-order chi connectivity index (χ0) is 95.2. The number of aliphatic carboxylic acids is 1. The van der Waals surface area contributed by atoms with Crippen LogP contribution in [0.2, 0.25) is 0 Å². The van der Waals surface area contributed by atoms with Crippen LogP contribution in [-0.4, -0.2) is 265 Å². The lowest BCUT2D eigenvalue weighted by molar-refractivity contribution is -0.151. The number of nitrogens with one attached hydrogen (secondary N) is 11. The van der Waals surface area contributed by atoms with Crippen LogP contribution in [-0.2, 0) is 109 Å². The van der Waals surface area contributed by atoms with Gasteiger partial charge in [0.1, 0.15) is 83.7 Å². The number of phenolic OH excluding ortho intramolecular Hbond substituents is 2. The quantitative estimate of drug-likeness (QED) is 0.0464. The van der Waals surface area contributed by atoms with Crippen LogP contribution in [0.5, 0.6) is 11.5 Å². The molecule has 8 rings (SSSR count). The Morgan fingerprint density at radius 1 is 0.515 bits per heavy atom. The Bertz CT molecular complexity index is 5140. The molecule has 2 heterocycles. The van der Waals surface area contributed by atoms with E-state index >= 15 is 33.6 Å². The van der Waals surface area contributed by atoms with E-state index in [9.17, 15) is 63.6 Å². The first kappa shape index (κ1) is 102. The van der Waals surface area contributed by atoms with Crippen molar-refractivity contribution in [1.29, 1.82) is 0 Å². The number of unbranched alkanes of at least 4 members (excludes halogenated alkanes) is 1. The number of amides is 15. The second-order valence-corrected chi connectivity index (χ2v) is 34.3. The van der Waals surface area contributed by atoms with Crippen molar-refractivity contribution in [2.75, 3.05) is 59.3 Å². The van der Waals surface area contributed by atoms with Crippen molar-refractivity contribution in [2.24, 2.45) is 17.6 Å². The highest BCUT2D eigenvalue weighted by Crippen LogP contribution is 2.26. The van der Waals surface area contributed by atoms with Crippen molar-refractivity contribution in [3.8, 4) is 11.5 Å². The van der Waals surface area contributed by atoms with E-state index in [-0.39, 0.29) is 80.1 Å². The van der Waals surface area contributed by atoms with Gasteiger partial charge in [0.2, 0.25) is 88.6 Å². The molecule has 2 aliphatic rings. The molecule has 0 spiro atoms. The van der Waals surface area contributed by atoms with E-state index in [4.69, 9.17) is 5.73 Å². The predicted molar refractivity (Wildman–Crippen MR) is 484 cm³/mol. The van der Waals surface area contributed by atoms with Gasteiger partial charge in [0.25, 0.3) is 0 Å². The fraction of sp³-hybridized carbons (Fsp3) is 0.419. The summed E-state index contributed by atoms with van der Waals surface area (Å²) in [5.41, 5.74) is 9.06. The van der Waals surface area contributed by atoms with Gasteiger partial charge in [0.05, 0.1) is 31.8 Å². The minimum Gasteiger partial charge on any atom is -0.508 e. The van der Waals surface area contributed by atoms with Gasteiger partial charge in [-0.05, 0) is 119 Å². The Morgan fingerprint density at radius 3 is 1.58 bits per heavy atom. The van der Waals surface area contributed by atoms with Crippen molar-refractivity contribution in [2.45, 2.75) is 179 Å². The largest absolute Gasteiger partial charge is 0.508 e. The van der Waals surface area contributed by atoms with Crippen LogP contribution < -0.4 is 58.9 Å². The fourth-order valence-electron chi connectivity index (χ4n) is 15.0. The minimum atomic E-state index is -1.94. The summed E-state index contributed by atoms with van der Waals surface area (Å²) in [5, 5.41) is 68.5. The highest BCUT2D eigenvalue weighted by atomic mass is 32.2. The molecule has 696 valence electrons. The molecule has 1 aromatic heterocycles. The van der Waals surface area contributed by atoms with Gasteiger partial charge in [-0.3, -0.25) is 76.7 Å². The maximum absolute atomic E-state index is 15.5. The smallest absolute Gasteiger partial charge is 0.305 e. The molecule has 1 aliphatic heterocycles. The number of hydrogen-bond donors (Lipinski definition) is 16. The molecule has 36 nitrogen and oxygen atoms in total. The Balaban J connectivity index is 1.22. The van der Waals surface area contributed by atoms with Gasteiger partial charge in [-0.25, -0.2) is 0 Å². The van der Waals surface area contributed by atoms with Crippen LogP contribution in [0.1, 0.15) is 108 Å². The lowest BCUT2D eigenvalue weighted by Gasteiger charge is -2.37. The van der Waals surface area contributed by atoms with E-state index < -0.39 is 205 Å². The standard InChI is InChI=1S/C93H118N16O20S/c1-11-12-27-74-92(128)107(8)50-78(115)98-70(46-80(117)118)87(123)104-81(54(4)5)88(124)105-82(55(6)60-32-38-64(112)39-33-60)89(125)102-71(43-59-30-36-63(111)37-31-59)90(126)106(7)49-77(114)97-69(45-61-47-95-66-26-20-19-25-65(61)66)86(122)101-68(41-58-28-34-62(110)35-29-58)85(121)100-67(40-53(2)3)84(120)103-73(83(119)96-48-76(94)113)51-130-52-79(116)99-72(42-56-21-15-13-16-22-56)91(127)109(10)75(93(129)108(74)9)44-57-23-17-14-18-24-57/h13-26,28-32,34-39,47,53-54,67-75,81-82,95,110-112H,11-12,27,33,40-46,48-52H2,1-10H3,(H2,94,113)(H,96,119)(H,97,114)(H,98,115)(H,99,116)(H,100,121)(H,101,122)(H,102,125)(H,103,120)(H,104,123)(H,105,124)(H,117,118). The zero-order valence-electron chi connectivity index (χ0n) is 74.4. The maximum atomic E-state index is 15.5. The van der Waals surface area contributed by atoms with Crippen LogP contribution in [0, 0.1) is 11.8 Å². The number of carbonyl (C=O) groups excluding carboxylic acids is 15. The first-order valence-electron chi connectivity index (χ1n) is 42.8. The highest BCUT2D eigenvalue weighted by Gasteiger charge is 2.42. The second kappa shape index (κ2) is 48.9. The molecule has 15 amide bonds. The Kier molecular flexibility index (Phi) is 38.2. The molecule has 0 bridgehead atoms. The number of aromatic nitrogens is 1. The van der Waals surface area contributed by atoms with Crippen LogP contribution in [0.15, 0.2) is 175 Å². The van der Waals surface area contributed by atoms with Gasteiger partial charge in [0, 0.05) is 83.1 Å². The molecule has 0 saturated carbocycles. The van der Waals surface area contributed by atoms with Crippen molar-refractivity contribution in [3.63, 3.8) is 0 Å². The number of carbonyl (C=O) groups is 16. The summed E-state index contributed by atoms with van der Waals surface area (Å²) in [6.45, 7) is 7.50. The van der Waals surface area contributed by atoms with Crippen LogP contribution in [0.25, 0.3) is 10.9 Å². The molecule has 6 aromatic rings. The summed E-state index contributed by atoms with van der Waals surface area (Å²) in [6.07, 6.45) is 4.40. The molecule has 11 atom stereocenters. The number of aromatic hydroxyl groups is 2. The summed E-state index contributed by atoms with van der Waals surface area (Å²) in [7, 11) is 5.20. The van der Waals surface area contributed by atoms with Crippen molar-refractivity contribution >= 4 is 117 Å².